The molecule has 1 aromatic rings. The third kappa shape index (κ3) is 2.40. The van der Waals surface area contributed by atoms with Crippen LogP contribution in [0.1, 0.15) is 11.1 Å². The standard InChI is InChI=1S/C15H14ClN/c1-11-7-3-4-8-12(11)15(16)13-9-5-6-10-14(13)17-2/h3-10H,1-2H3/b15-13+,17-14+. The van der Waals surface area contributed by atoms with Crippen LogP contribution in [-0.4, -0.2) is 12.8 Å². The molecule has 1 aromatic carbocycles. The lowest BCUT2D eigenvalue weighted by Crippen LogP contribution is -2.02. The van der Waals surface area contributed by atoms with E-state index in [-0.39, 0.29) is 0 Å². The molecule has 0 aromatic heterocycles. The predicted octanol–water partition coefficient (Wildman–Crippen LogP) is 4.14. The SMILES string of the molecule is C/N=C1\C=CC=C\C1=C(/Cl)c1ccccc1C. The van der Waals surface area contributed by atoms with Crippen LogP contribution in [-0.2, 0) is 0 Å². The van der Waals surface area contributed by atoms with Crippen molar-refractivity contribution in [1.82, 2.24) is 0 Å². The summed E-state index contributed by atoms with van der Waals surface area (Å²) in [5, 5.41) is 0.754. The Kier molecular flexibility index (Phi) is 3.60. The van der Waals surface area contributed by atoms with Crippen molar-refractivity contribution in [2.75, 3.05) is 7.05 Å². The minimum Gasteiger partial charge on any atom is -0.288 e. The monoisotopic (exact) mass is 243 g/mol. The maximum absolute atomic E-state index is 6.48. The van der Waals surface area contributed by atoms with Crippen molar-refractivity contribution in [3.63, 3.8) is 0 Å². The Labute approximate surface area is 107 Å². The molecule has 0 amide bonds. The molecule has 86 valence electrons. The van der Waals surface area contributed by atoms with Crippen LogP contribution in [0.2, 0.25) is 0 Å². The van der Waals surface area contributed by atoms with E-state index in [9.17, 15) is 0 Å². The van der Waals surface area contributed by atoms with Crippen molar-refractivity contribution >= 4 is 22.3 Å². The molecule has 0 N–H and O–H groups in total. The van der Waals surface area contributed by atoms with E-state index in [0.717, 1.165) is 21.9 Å². The fourth-order valence-electron chi connectivity index (χ4n) is 1.82. The van der Waals surface area contributed by atoms with Crippen LogP contribution in [0.4, 0.5) is 0 Å². The zero-order valence-corrected chi connectivity index (χ0v) is 10.7. The first-order valence-electron chi connectivity index (χ1n) is 5.51. The molecule has 0 aliphatic heterocycles. The molecule has 0 bridgehead atoms. The summed E-state index contributed by atoms with van der Waals surface area (Å²) in [6, 6.07) is 8.10. The molecular weight excluding hydrogens is 230 g/mol. The molecule has 1 aliphatic carbocycles. The van der Waals surface area contributed by atoms with Crippen molar-refractivity contribution in [1.29, 1.82) is 0 Å². The maximum Gasteiger partial charge on any atom is 0.0658 e. The molecule has 0 atom stereocenters. The Bertz CT molecular complexity index is 548. The number of hydrogen-bond acceptors (Lipinski definition) is 1. The number of allylic oxidation sites excluding steroid dienone is 5. The summed E-state index contributed by atoms with van der Waals surface area (Å²) in [5.41, 5.74) is 4.13. The molecule has 0 heterocycles. The van der Waals surface area contributed by atoms with Gasteiger partial charge in [0.25, 0.3) is 0 Å². The smallest absolute Gasteiger partial charge is 0.0658 e. The third-order valence-electron chi connectivity index (χ3n) is 2.76. The van der Waals surface area contributed by atoms with Crippen LogP contribution in [0, 0.1) is 6.92 Å². The van der Waals surface area contributed by atoms with Gasteiger partial charge in [-0.3, -0.25) is 4.99 Å². The van der Waals surface area contributed by atoms with Gasteiger partial charge in [0, 0.05) is 12.6 Å². The second kappa shape index (κ2) is 5.15. The van der Waals surface area contributed by atoms with Crippen LogP contribution in [0.5, 0.6) is 0 Å². The van der Waals surface area contributed by atoms with E-state index in [1.807, 2.05) is 42.5 Å². The molecule has 0 spiro atoms. The normalized spacial score (nSPS) is 19.8. The summed E-state index contributed by atoms with van der Waals surface area (Å²) >= 11 is 6.48. The molecule has 1 nitrogen and oxygen atoms in total. The Hall–Kier alpha value is -1.60. The van der Waals surface area contributed by atoms with E-state index in [0.29, 0.717) is 0 Å². The molecule has 0 unspecified atom stereocenters. The van der Waals surface area contributed by atoms with E-state index in [1.165, 1.54) is 5.56 Å². The Morgan fingerprint density at radius 1 is 1.12 bits per heavy atom. The Morgan fingerprint density at radius 3 is 2.53 bits per heavy atom. The van der Waals surface area contributed by atoms with Crippen molar-refractivity contribution in [3.05, 3.63) is 65.3 Å². The van der Waals surface area contributed by atoms with Crippen LogP contribution in [0.3, 0.4) is 0 Å². The van der Waals surface area contributed by atoms with Crippen LogP contribution in [0.15, 0.2) is 59.1 Å². The highest BCUT2D eigenvalue weighted by Gasteiger charge is 2.11. The fourth-order valence-corrected chi connectivity index (χ4v) is 2.19. The molecule has 0 saturated heterocycles. The second-order valence-corrected chi connectivity index (χ2v) is 4.25. The minimum atomic E-state index is 0.754. The maximum atomic E-state index is 6.48. The van der Waals surface area contributed by atoms with Gasteiger partial charge in [-0.15, -0.1) is 0 Å². The number of nitrogens with zero attached hydrogens (tertiary/aromatic N) is 1. The summed E-state index contributed by atoms with van der Waals surface area (Å²) in [7, 11) is 1.78. The van der Waals surface area contributed by atoms with Gasteiger partial charge in [-0.25, -0.2) is 0 Å². The molecule has 2 heteroatoms. The number of hydrogen-bond donors (Lipinski definition) is 0. The van der Waals surface area contributed by atoms with Crippen molar-refractivity contribution < 1.29 is 0 Å². The average Bonchev–Trinajstić information content (AvgIpc) is 2.38. The van der Waals surface area contributed by atoms with Crippen LogP contribution < -0.4 is 0 Å². The van der Waals surface area contributed by atoms with Gasteiger partial charge in [0.05, 0.1) is 10.7 Å². The highest BCUT2D eigenvalue weighted by Crippen LogP contribution is 2.28. The molecule has 0 fully saturated rings. The summed E-state index contributed by atoms with van der Waals surface area (Å²) in [6.07, 6.45) is 7.91. The van der Waals surface area contributed by atoms with Crippen molar-refractivity contribution in [2.45, 2.75) is 6.92 Å². The summed E-state index contributed by atoms with van der Waals surface area (Å²) in [5.74, 6) is 0. The minimum absolute atomic E-state index is 0.754. The molecule has 2 rings (SSSR count). The van der Waals surface area contributed by atoms with Gasteiger partial charge in [0.1, 0.15) is 0 Å². The highest BCUT2D eigenvalue weighted by atomic mass is 35.5. The molecule has 0 radical (unpaired) electrons. The van der Waals surface area contributed by atoms with Crippen LogP contribution in [0.25, 0.3) is 5.03 Å². The van der Waals surface area contributed by atoms with Gasteiger partial charge >= 0.3 is 0 Å². The van der Waals surface area contributed by atoms with Crippen molar-refractivity contribution in [3.8, 4) is 0 Å². The number of aryl methyl sites for hydroxylation is 1. The van der Waals surface area contributed by atoms with E-state index < -0.39 is 0 Å². The van der Waals surface area contributed by atoms with Gasteiger partial charge < -0.3 is 0 Å². The topological polar surface area (TPSA) is 12.4 Å². The Balaban J connectivity index is 2.56. The highest BCUT2D eigenvalue weighted by molar-refractivity contribution is 6.52. The first-order valence-corrected chi connectivity index (χ1v) is 5.89. The molecule has 0 saturated carbocycles. The van der Waals surface area contributed by atoms with E-state index in [2.05, 4.69) is 18.0 Å². The van der Waals surface area contributed by atoms with Gasteiger partial charge in [-0.1, -0.05) is 54.1 Å². The Morgan fingerprint density at radius 2 is 1.82 bits per heavy atom. The zero-order chi connectivity index (χ0) is 12.3. The first kappa shape index (κ1) is 11.9. The summed E-state index contributed by atoms with van der Waals surface area (Å²) < 4.78 is 0. The summed E-state index contributed by atoms with van der Waals surface area (Å²) in [6.45, 7) is 2.06. The fraction of sp³-hybridized carbons (Fsp3) is 0.133. The average molecular weight is 244 g/mol. The van der Waals surface area contributed by atoms with E-state index in [4.69, 9.17) is 11.6 Å². The van der Waals surface area contributed by atoms with E-state index in [1.54, 1.807) is 7.05 Å². The number of rotatable bonds is 1. The lowest BCUT2D eigenvalue weighted by molar-refractivity contribution is 1.42. The first-order chi connectivity index (χ1) is 8.24. The van der Waals surface area contributed by atoms with Gasteiger partial charge in [-0.05, 0) is 24.1 Å². The number of benzene rings is 1. The quantitative estimate of drug-likeness (QED) is 0.703. The van der Waals surface area contributed by atoms with E-state index >= 15 is 0 Å². The van der Waals surface area contributed by atoms with Gasteiger partial charge in [0.15, 0.2) is 0 Å². The largest absolute Gasteiger partial charge is 0.288 e. The predicted molar refractivity (Wildman–Crippen MR) is 75.6 cm³/mol. The number of aliphatic imine (C=N–C) groups is 1. The third-order valence-corrected chi connectivity index (χ3v) is 3.17. The van der Waals surface area contributed by atoms with Gasteiger partial charge in [0.2, 0.25) is 0 Å². The summed E-state index contributed by atoms with van der Waals surface area (Å²) in [4.78, 5) is 4.24. The second-order valence-electron chi connectivity index (χ2n) is 3.87. The lowest BCUT2D eigenvalue weighted by Gasteiger charge is -2.11. The molecule has 1 aliphatic rings. The van der Waals surface area contributed by atoms with Gasteiger partial charge in [-0.2, -0.15) is 0 Å². The molecular formula is C15H14ClN. The van der Waals surface area contributed by atoms with Crippen LogP contribution >= 0.6 is 11.6 Å². The van der Waals surface area contributed by atoms with Crippen molar-refractivity contribution in [2.24, 2.45) is 4.99 Å². The number of halogens is 1. The molecule has 17 heavy (non-hydrogen) atoms. The lowest BCUT2D eigenvalue weighted by atomic mass is 9.99. The zero-order valence-electron chi connectivity index (χ0n) is 9.94.